The molecule has 1 saturated heterocycles. The summed E-state index contributed by atoms with van der Waals surface area (Å²) in [5.41, 5.74) is -0.472. The van der Waals surface area contributed by atoms with Crippen LogP contribution >= 0.6 is 0 Å². The average Bonchev–Trinajstić information content (AvgIpc) is 2.15. The fraction of sp³-hybridized carbons (Fsp3) is 0.727. The minimum Gasteiger partial charge on any atom is -0.444 e. The molecule has 0 radical (unpaired) electrons. The van der Waals surface area contributed by atoms with Crippen molar-refractivity contribution in [1.29, 1.82) is 0 Å². The standard InChI is InChI=1S/C11H19NO3/c1-5-9-12(7-6-8-14-9)10(13)15-11(2,3)4/h5,9H,1,6-8H2,2-4H3. The first-order chi connectivity index (χ1) is 6.94. The molecule has 0 spiro atoms. The zero-order chi connectivity index (χ0) is 11.5. The minimum atomic E-state index is -0.472. The maximum Gasteiger partial charge on any atom is 0.412 e. The Kier molecular flexibility index (Phi) is 3.74. The lowest BCUT2D eigenvalue weighted by atomic mass is 10.2. The van der Waals surface area contributed by atoms with E-state index < -0.39 is 5.60 Å². The van der Waals surface area contributed by atoms with Gasteiger partial charge in [-0.15, -0.1) is 0 Å². The third kappa shape index (κ3) is 3.55. The number of nitrogens with zero attached hydrogens (tertiary/aromatic N) is 1. The van der Waals surface area contributed by atoms with Gasteiger partial charge in [-0.05, 0) is 33.3 Å². The maximum atomic E-state index is 11.8. The second kappa shape index (κ2) is 4.66. The van der Waals surface area contributed by atoms with Gasteiger partial charge in [0.2, 0.25) is 0 Å². The molecular weight excluding hydrogens is 194 g/mol. The molecule has 4 nitrogen and oxygen atoms in total. The summed E-state index contributed by atoms with van der Waals surface area (Å²) in [5.74, 6) is 0. The molecule has 1 heterocycles. The number of amides is 1. The Bertz CT molecular complexity index is 245. The zero-order valence-corrected chi connectivity index (χ0v) is 9.66. The molecule has 0 bridgehead atoms. The normalized spacial score (nSPS) is 22.3. The van der Waals surface area contributed by atoms with Crippen LogP contribution in [0.25, 0.3) is 0 Å². The molecule has 1 fully saturated rings. The lowest BCUT2D eigenvalue weighted by Crippen LogP contribution is -2.47. The molecule has 0 aromatic carbocycles. The Hall–Kier alpha value is -1.03. The van der Waals surface area contributed by atoms with Crippen LogP contribution in [0.3, 0.4) is 0 Å². The van der Waals surface area contributed by atoms with Crippen LogP contribution in [0.5, 0.6) is 0 Å². The van der Waals surface area contributed by atoms with Crippen LogP contribution in [0, 0.1) is 0 Å². The Morgan fingerprint density at radius 1 is 1.60 bits per heavy atom. The van der Waals surface area contributed by atoms with Gasteiger partial charge in [0.15, 0.2) is 6.23 Å². The average molecular weight is 213 g/mol. The summed E-state index contributed by atoms with van der Waals surface area (Å²) in [5, 5.41) is 0. The van der Waals surface area contributed by atoms with E-state index >= 15 is 0 Å². The third-order valence-electron chi connectivity index (χ3n) is 1.97. The summed E-state index contributed by atoms with van der Waals surface area (Å²) in [4.78, 5) is 13.3. The molecule has 1 aliphatic heterocycles. The van der Waals surface area contributed by atoms with Gasteiger partial charge < -0.3 is 9.47 Å². The molecule has 0 N–H and O–H groups in total. The maximum absolute atomic E-state index is 11.8. The number of hydrogen-bond acceptors (Lipinski definition) is 3. The van der Waals surface area contributed by atoms with Gasteiger partial charge in [0, 0.05) is 6.54 Å². The number of hydrogen-bond donors (Lipinski definition) is 0. The van der Waals surface area contributed by atoms with Crippen molar-refractivity contribution in [2.75, 3.05) is 13.2 Å². The van der Waals surface area contributed by atoms with Gasteiger partial charge >= 0.3 is 6.09 Å². The van der Waals surface area contributed by atoms with E-state index in [9.17, 15) is 4.79 Å². The first-order valence-corrected chi connectivity index (χ1v) is 5.18. The highest BCUT2D eigenvalue weighted by Crippen LogP contribution is 2.16. The number of ether oxygens (including phenoxy) is 2. The summed E-state index contributed by atoms with van der Waals surface area (Å²) in [6.07, 6.45) is 1.76. The van der Waals surface area contributed by atoms with Crippen LogP contribution < -0.4 is 0 Å². The summed E-state index contributed by atoms with van der Waals surface area (Å²) in [7, 11) is 0. The second-order valence-corrected chi connectivity index (χ2v) is 4.52. The van der Waals surface area contributed by atoms with Crippen molar-refractivity contribution in [2.24, 2.45) is 0 Å². The van der Waals surface area contributed by atoms with Crippen LogP contribution in [0.4, 0.5) is 4.79 Å². The third-order valence-corrected chi connectivity index (χ3v) is 1.97. The first kappa shape index (κ1) is 12.0. The second-order valence-electron chi connectivity index (χ2n) is 4.52. The van der Waals surface area contributed by atoms with Gasteiger partial charge in [-0.3, -0.25) is 4.90 Å². The van der Waals surface area contributed by atoms with E-state index in [1.165, 1.54) is 0 Å². The number of carbonyl (C=O) groups excluding carboxylic acids is 1. The molecule has 0 aliphatic carbocycles. The van der Waals surface area contributed by atoms with E-state index in [0.29, 0.717) is 13.2 Å². The number of rotatable bonds is 1. The molecule has 86 valence electrons. The van der Waals surface area contributed by atoms with Crippen molar-refractivity contribution in [2.45, 2.75) is 39.0 Å². The van der Waals surface area contributed by atoms with Gasteiger partial charge in [-0.25, -0.2) is 4.79 Å². The van der Waals surface area contributed by atoms with Gasteiger partial charge in [-0.2, -0.15) is 0 Å². The van der Waals surface area contributed by atoms with Gasteiger partial charge in [0.1, 0.15) is 5.60 Å². The summed E-state index contributed by atoms with van der Waals surface area (Å²) in [6, 6.07) is 0. The lowest BCUT2D eigenvalue weighted by Gasteiger charge is -2.34. The molecule has 15 heavy (non-hydrogen) atoms. The van der Waals surface area contributed by atoms with E-state index in [1.807, 2.05) is 20.8 Å². The minimum absolute atomic E-state index is 0.341. The van der Waals surface area contributed by atoms with Crippen LogP contribution in [-0.2, 0) is 9.47 Å². The fourth-order valence-electron chi connectivity index (χ4n) is 1.37. The summed E-state index contributed by atoms with van der Waals surface area (Å²) in [6.45, 7) is 10.5. The molecule has 1 unspecified atom stereocenters. The quantitative estimate of drug-likeness (QED) is 0.626. The molecule has 4 heteroatoms. The molecule has 1 rings (SSSR count). The largest absolute Gasteiger partial charge is 0.444 e. The Morgan fingerprint density at radius 3 is 2.80 bits per heavy atom. The molecule has 1 amide bonds. The number of carbonyl (C=O) groups is 1. The molecule has 1 atom stereocenters. The fourth-order valence-corrected chi connectivity index (χ4v) is 1.37. The topological polar surface area (TPSA) is 38.8 Å². The summed E-state index contributed by atoms with van der Waals surface area (Å²) < 4.78 is 10.7. The van der Waals surface area contributed by atoms with Gasteiger partial charge in [-0.1, -0.05) is 6.58 Å². The van der Waals surface area contributed by atoms with E-state index in [0.717, 1.165) is 6.42 Å². The first-order valence-electron chi connectivity index (χ1n) is 5.18. The van der Waals surface area contributed by atoms with Crippen molar-refractivity contribution in [1.82, 2.24) is 4.90 Å². The Labute approximate surface area is 90.8 Å². The summed E-state index contributed by atoms with van der Waals surface area (Å²) >= 11 is 0. The van der Waals surface area contributed by atoms with Crippen molar-refractivity contribution < 1.29 is 14.3 Å². The van der Waals surface area contributed by atoms with Crippen molar-refractivity contribution >= 4 is 6.09 Å². The Balaban J connectivity index is 2.60. The van der Waals surface area contributed by atoms with Gasteiger partial charge in [0.25, 0.3) is 0 Å². The van der Waals surface area contributed by atoms with Gasteiger partial charge in [0.05, 0.1) is 6.61 Å². The molecule has 0 aromatic rings. The van der Waals surface area contributed by atoms with Crippen molar-refractivity contribution in [3.63, 3.8) is 0 Å². The van der Waals surface area contributed by atoms with Crippen molar-refractivity contribution in [3.8, 4) is 0 Å². The highest BCUT2D eigenvalue weighted by atomic mass is 16.6. The van der Waals surface area contributed by atoms with E-state index in [1.54, 1.807) is 11.0 Å². The monoisotopic (exact) mass is 213 g/mol. The molecule has 1 aliphatic rings. The highest BCUT2D eigenvalue weighted by molar-refractivity contribution is 5.68. The predicted octanol–water partition coefficient (Wildman–Crippen LogP) is 2.16. The molecule has 0 saturated carbocycles. The zero-order valence-electron chi connectivity index (χ0n) is 9.66. The SMILES string of the molecule is C=CC1OCCCN1C(=O)OC(C)(C)C. The molecular formula is C11H19NO3. The van der Waals surface area contributed by atoms with Crippen molar-refractivity contribution in [3.05, 3.63) is 12.7 Å². The van der Waals surface area contributed by atoms with Crippen LogP contribution in [-0.4, -0.2) is 36.0 Å². The molecule has 0 aromatic heterocycles. The van der Waals surface area contributed by atoms with Crippen LogP contribution in [0.2, 0.25) is 0 Å². The lowest BCUT2D eigenvalue weighted by molar-refractivity contribution is -0.0719. The smallest absolute Gasteiger partial charge is 0.412 e. The van der Waals surface area contributed by atoms with E-state index in [-0.39, 0.29) is 12.3 Å². The van der Waals surface area contributed by atoms with E-state index in [2.05, 4.69) is 6.58 Å². The Morgan fingerprint density at radius 2 is 2.27 bits per heavy atom. The van der Waals surface area contributed by atoms with E-state index in [4.69, 9.17) is 9.47 Å². The van der Waals surface area contributed by atoms with Crippen LogP contribution in [0.1, 0.15) is 27.2 Å². The predicted molar refractivity (Wildman–Crippen MR) is 57.5 cm³/mol. The highest BCUT2D eigenvalue weighted by Gasteiger charge is 2.29. The van der Waals surface area contributed by atoms with Crippen LogP contribution in [0.15, 0.2) is 12.7 Å².